The number of methoxy groups -OCH3 is 1. The molecule has 0 heterocycles. The minimum atomic E-state index is 0. The molecule has 1 aromatic carbocycles. The van der Waals surface area contributed by atoms with E-state index in [2.05, 4.69) is 34.9 Å². The zero-order valence-electron chi connectivity index (χ0n) is 11.6. The quantitative estimate of drug-likeness (QED) is 0.773. The molecule has 2 aliphatic carbocycles. The molecule has 5 heteroatoms. The second kappa shape index (κ2) is 6.57. The molecule has 0 aromatic heterocycles. The Labute approximate surface area is 125 Å². The topological polar surface area (TPSA) is 50.4 Å². The van der Waals surface area contributed by atoms with Crippen LogP contribution in [0.1, 0.15) is 17.0 Å². The number of benzene rings is 1. The summed E-state index contributed by atoms with van der Waals surface area (Å²) in [5.41, 5.74) is 2.89. The fraction of sp³-hybridized carbons (Fsp3) is 0.533. The number of halogens is 1. The van der Waals surface area contributed by atoms with E-state index >= 15 is 0 Å². The molecule has 1 fully saturated rings. The van der Waals surface area contributed by atoms with Crippen LogP contribution in [0.5, 0.6) is 0 Å². The lowest BCUT2D eigenvalue weighted by molar-refractivity contribution is -0.120. The fourth-order valence-electron chi connectivity index (χ4n) is 3.16. The number of nitrogens with one attached hydrogen (secondary N) is 2. The van der Waals surface area contributed by atoms with E-state index in [0.717, 1.165) is 6.42 Å². The van der Waals surface area contributed by atoms with Gasteiger partial charge >= 0.3 is 0 Å². The Morgan fingerprint density at radius 1 is 1.40 bits per heavy atom. The van der Waals surface area contributed by atoms with Gasteiger partial charge in [-0.3, -0.25) is 4.79 Å². The van der Waals surface area contributed by atoms with Crippen molar-refractivity contribution in [2.24, 2.45) is 5.92 Å². The molecule has 1 amide bonds. The summed E-state index contributed by atoms with van der Waals surface area (Å²) in [6.07, 6.45) is 1.11. The van der Waals surface area contributed by atoms with Crippen LogP contribution in [0.15, 0.2) is 24.3 Å². The van der Waals surface area contributed by atoms with E-state index in [1.165, 1.54) is 11.1 Å². The Hall–Kier alpha value is -1.10. The molecule has 1 saturated carbocycles. The summed E-state index contributed by atoms with van der Waals surface area (Å²) in [6, 6.07) is 8.93. The molecule has 4 nitrogen and oxygen atoms in total. The van der Waals surface area contributed by atoms with E-state index in [0.29, 0.717) is 37.6 Å². The number of hydrogen-bond donors (Lipinski definition) is 2. The number of hydrogen-bond acceptors (Lipinski definition) is 3. The van der Waals surface area contributed by atoms with Crippen LogP contribution in [0.2, 0.25) is 0 Å². The number of carbonyl (C=O) groups excluding carboxylic acids is 1. The van der Waals surface area contributed by atoms with Crippen LogP contribution in [-0.4, -0.2) is 38.8 Å². The fourth-order valence-corrected chi connectivity index (χ4v) is 3.16. The van der Waals surface area contributed by atoms with Crippen molar-refractivity contribution in [3.05, 3.63) is 35.4 Å². The maximum Gasteiger partial charge on any atom is 0.234 e. The van der Waals surface area contributed by atoms with Crippen molar-refractivity contribution in [3.8, 4) is 0 Å². The van der Waals surface area contributed by atoms with E-state index in [1.54, 1.807) is 7.11 Å². The number of ether oxygens (including phenoxy) is 1. The molecule has 2 aliphatic rings. The smallest absolute Gasteiger partial charge is 0.234 e. The third kappa shape index (κ3) is 2.97. The van der Waals surface area contributed by atoms with Gasteiger partial charge in [0.15, 0.2) is 0 Å². The first-order chi connectivity index (χ1) is 9.31. The number of fused-ring (bicyclic) bond motifs is 3. The molecule has 0 radical (unpaired) electrons. The minimum Gasteiger partial charge on any atom is -0.383 e. The summed E-state index contributed by atoms with van der Waals surface area (Å²) >= 11 is 0. The lowest BCUT2D eigenvalue weighted by Crippen LogP contribution is -2.37. The van der Waals surface area contributed by atoms with Gasteiger partial charge in [-0.1, -0.05) is 24.3 Å². The molecule has 0 spiro atoms. The van der Waals surface area contributed by atoms with Gasteiger partial charge in [0.05, 0.1) is 13.2 Å². The maximum absolute atomic E-state index is 11.8. The maximum atomic E-state index is 11.8. The van der Waals surface area contributed by atoms with Crippen molar-refractivity contribution in [1.82, 2.24) is 10.6 Å². The predicted molar refractivity (Wildman–Crippen MR) is 80.3 cm³/mol. The molecular formula is C15H21ClN2O2. The van der Waals surface area contributed by atoms with Crippen molar-refractivity contribution in [2.75, 3.05) is 26.8 Å². The Kier molecular flexibility index (Phi) is 5.02. The highest BCUT2D eigenvalue weighted by molar-refractivity contribution is 5.85. The Balaban J connectivity index is 0.00000147. The summed E-state index contributed by atoms with van der Waals surface area (Å²) in [4.78, 5) is 11.8. The van der Waals surface area contributed by atoms with E-state index in [1.807, 2.05) is 0 Å². The van der Waals surface area contributed by atoms with E-state index in [4.69, 9.17) is 4.74 Å². The summed E-state index contributed by atoms with van der Waals surface area (Å²) in [5.74, 6) is 1.27. The van der Waals surface area contributed by atoms with E-state index in [-0.39, 0.29) is 18.3 Å². The summed E-state index contributed by atoms with van der Waals surface area (Å²) in [5, 5.41) is 6.20. The zero-order chi connectivity index (χ0) is 13.2. The van der Waals surface area contributed by atoms with Crippen LogP contribution in [0, 0.1) is 5.92 Å². The molecular weight excluding hydrogens is 276 g/mol. The van der Waals surface area contributed by atoms with Crippen molar-refractivity contribution in [3.63, 3.8) is 0 Å². The molecule has 0 bridgehead atoms. The van der Waals surface area contributed by atoms with Crippen LogP contribution in [0.4, 0.5) is 0 Å². The highest BCUT2D eigenvalue weighted by Gasteiger charge is 2.56. The molecule has 20 heavy (non-hydrogen) atoms. The predicted octanol–water partition coefficient (Wildman–Crippen LogP) is 1.10. The number of amides is 1. The standard InChI is InChI=1S/C15H20N2O2.ClH/c1-19-7-6-16-9-13(18)17-15-12-8-10-4-2-3-5-11(10)14(12)15;/h2-5,12,14-16H,6-9H2,1H3,(H,17,18);1H. The van der Waals surface area contributed by atoms with Crippen LogP contribution in [-0.2, 0) is 16.0 Å². The molecule has 2 N–H and O–H groups in total. The number of carbonyl (C=O) groups is 1. The van der Waals surface area contributed by atoms with Crippen LogP contribution in [0.25, 0.3) is 0 Å². The second-order valence-corrected chi connectivity index (χ2v) is 5.36. The Morgan fingerprint density at radius 2 is 2.20 bits per heavy atom. The lowest BCUT2D eigenvalue weighted by atomic mass is 10.1. The molecule has 3 unspecified atom stereocenters. The van der Waals surface area contributed by atoms with Crippen LogP contribution < -0.4 is 10.6 Å². The molecule has 1 aromatic rings. The molecule has 110 valence electrons. The lowest BCUT2D eigenvalue weighted by Gasteiger charge is -2.10. The van der Waals surface area contributed by atoms with Gasteiger partial charge in [0.1, 0.15) is 0 Å². The minimum absolute atomic E-state index is 0. The molecule has 3 rings (SSSR count). The first-order valence-electron chi connectivity index (χ1n) is 6.88. The zero-order valence-corrected chi connectivity index (χ0v) is 12.4. The Morgan fingerprint density at radius 3 is 3.00 bits per heavy atom. The van der Waals surface area contributed by atoms with E-state index < -0.39 is 0 Å². The average molecular weight is 297 g/mol. The normalized spacial score (nSPS) is 25.4. The van der Waals surface area contributed by atoms with Gasteiger partial charge < -0.3 is 15.4 Å². The van der Waals surface area contributed by atoms with Gasteiger partial charge in [0, 0.05) is 25.6 Å². The highest BCUT2D eigenvalue weighted by Crippen LogP contribution is 2.56. The average Bonchev–Trinajstić information content (AvgIpc) is 2.93. The van der Waals surface area contributed by atoms with Crippen LogP contribution >= 0.6 is 12.4 Å². The van der Waals surface area contributed by atoms with Crippen molar-refractivity contribution in [2.45, 2.75) is 18.4 Å². The monoisotopic (exact) mass is 296 g/mol. The number of rotatable bonds is 6. The highest BCUT2D eigenvalue weighted by atomic mass is 35.5. The second-order valence-electron chi connectivity index (χ2n) is 5.36. The van der Waals surface area contributed by atoms with Crippen LogP contribution in [0.3, 0.4) is 0 Å². The summed E-state index contributed by atoms with van der Waals surface area (Å²) in [7, 11) is 1.66. The van der Waals surface area contributed by atoms with Gasteiger partial charge in [-0.15, -0.1) is 12.4 Å². The van der Waals surface area contributed by atoms with Crippen molar-refractivity contribution < 1.29 is 9.53 Å². The molecule has 3 atom stereocenters. The van der Waals surface area contributed by atoms with Gasteiger partial charge in [-0.25, -0.2) is 0 Å². The van der Waals surface area contributed by atoms with Crippen molar-refractivity contribution >= 4 is 18.3 Å². The van der Waals surface area contributed by atoms with Gasteiger partial charge in [0.2, 0.25) is 5.91 Å². The largest absolute Gasteiger partial charge is 0.383 e. The Bertz CT molecular complexity index is 481. The van der Waals surface area contributed by atoms with Gasteiger partial charge in [-0.05, 0) is 23.5 Å². The SMILES string of the molecule is COCCNCC(=O)NC1C2Cc3ccccc3C21.Cl. The third-order valence-corrected chi connectivity index (χ3v) is 4.13. The molecule has 0 saturated heterocycles. The third-order valence-electron chi connectivity index (χ3n) is 4.13. The van der Waals surface area contributed by atoms with Crippen molar-refractivity contribution in [1.29, 1.82) is 0 Å². The van der Waals surface area contributed by atoms with E-state index in [9.17, 15) is 4.79 Å². The first kappa shape index (κ1) is 15.3. The first-order valence-corrected chi connectivity index (χ1v) is 6.88. The summed E-state index contributed by atoms with van der Waals surface area (Å²) < 4.78 is 4.92. The molecule has 0 aliphatic heterocycles. The van der Waals surface area contributed by atoms with Gasteiger partial charge in [-0.2, -0.15) is 0 Å². The summed E-state index contributed by atoms with van der Waals surface area (Å²) in [6.45, 7) is 1.72. The van der Waals surface area contributed by atoms with Gasteiger partial charge in [0.25, 0.3) is 0 Å².